The van der Waals surface area contributed by atoms with Gasteiger partial charge in [0.2, 0.25) is 0 Å². The van der Waals surface area contributed by atoms with Crippen molar-refractivity contribution in [2.75, 3.05) is 33.0 Å². The first kappa shape index (κ1) is 58.7. The second kappa shape index (κ2) is 47.2. The maximum atomic E-state index is 12.7. The highest BCUT2D eigenvalue weighted by atomic mass is 31.2. The van der Waals surface area contributed by atoms with Gasteiger partial charge in [0.25, 0.3) is 0 Å². The second-order valence-corrected chi connectivity index (χ2v) is 18.3. The molecule has 0 spiro atoms. The van der Waals surface area contributed by atoms with Crippen LogP contribution in [0.3, 0.4) is 0 Å². The summed E-state index contributed by atoms with van der Waals surface area (Å²) in [6, 6.07) is 0. The number of carbonyl (C=O) groups is 1. The lowest BCUT2D eigenvalue weighted by molar-refractivity contribution is -0.154. The van der Waals surface area contributed by atoms with Crippen LogP contribution < -0.4 is 0 Å². The molecule has 0 fully saturated rings. The van der Waals surface area contributed by atoms with E-state index >= 15 is 0 Å². The number of carbonyl (C=O) groups excluding carboxylic acids is 1. The maximum absolute atomic E-state index is 12.7. The van der Waals surface area contributed by atoms with E-state index in [1.54, 1.807) is 0 Å². The molecule has 0 aliphatic carbocycles. The zero-order valence-corrected chi connectivity index (χ0v) is 39.8. The number of ether oxygens (including phenoxy) is 2. The number of esters is 1. The molecule has 0 aliphatic rings. The topological polar surface area (TPSA) is 132 Å². The van der Waals surface area contributed by atoms with Crippen LogP contribution in [-0.4, -0.2) is 66.3 Å². The van der Waals surface area contributed by atoms with E-state index in [1.165, 1.54) is 148 Å². The summed E-state index contributed by atoms with van der Waals surface area (Å²) in [5.74, 6) is -0.389. The SMILES string of the molecule is CC/C=C\C/C=C\C/C=C\CCCCCCCCCC(=O)OC(COCCCCCCCCCCCCCCCCCCCCCCCC)COP(=O)(O)OCC(O)CO. The summed E-state index contributed by atoms with van der Waals surface area (Å²) in [5.41, 5.74) is 0. The number of rotatable bonds is 48. The van der Waals surface area contributed by atoms with E-state index in [4.69, 9.17) is 23.6 Å². The van der Waals surface area contributed by atoms with Crippen LogP contribution in [0.5, 0.6) is 0 Å². The number of aliphatic hydroxyl groups is 2. The van der Waals surface area contributed by atoms with E-state index in [2.05, 4.69) is 50.3 Å². The Morgan fingerprint density at radius 2 is 0.950 bits per heavy atom. The number of allylic oxidation sites excluding steroid dienone is 6. The van der Waals surface area contributed by atoms with Gasteiger partial charge in [-0.2, -0.15) is 0 Å². The molecule has 9 nitrogen and oxygen atoms in total. The van der Waals surface area contributed by atoms with Crippen LogP contribution in [0.2, 0.25) is 0 Å². The molecule has 3 atom stereocenters. The first-order valence-corrected chi connectivity index (χ1v) is 26.5. The lowest BCUT2D eigenvalue weighted by atomic mass is 10.0. The van der Waals surface area contributed by atoms with Crippen molar-refractivity contribution >= 4 is 13.8 Å². The van der Waals surface area contributed by atoms with E-state index in [1.807, 2.05) is 0 Å². The molecule has 0 aromatic rings. The minimum atomic E-state index is -4.52. The largest absolute Gasteiger partial charge is 0.472 e. The molecule has 3 unspecified atom stereocenters. The standard InChI is InChI=1S/C50H95O9P/c1-3-5-7-9-11-13-15-17-19-21-22-23-24-25-27-29-31-33-35-37-39-41-43-56-46-49(47-58-60(54,55)57-45-48(52)44-51)59-50(53)42-40-38-36-34-32-30-28-26-20-18-16-14-12-10-8-6-4-2/h6,8,12,14,18,20,48-49,51-52H,3-5,7,9-11,13,15-17,19,21-47H2,1-2H3,(H,54,55)/b8-6-,14-12-,20-18-. The predicted molar refractivity (Wildman–Crippen MR) is 251 cm³/mol. The fraction of sp³-hybridized carbons (Fsp3) is 0.860. The van der Waals surface area contributed by atoms with Crippen molar-refractivity contribution in [3.8, 4) is 0 Å². The third-order valence-electron chi connectivity index (χ3n) is 10.8. The zero-order valence-electron chi connectivity index (χ0n) is 38.9. The monoisotopic (exact) mass is 871 g/mol. The smallest absolute Gasteiger partial charge is 0.457 e. The molecule has 10 heteroatoms. The summed E-state index contributed by atoms with van der Waals surface area (Å²) < 4.78 is 33.5. The van der Waals surface area contributed by atoms with Crippen molar-refractivity contribution in [3.05, 3.63) is 36.5 Å². The molecule has 0 aromatic heterocycles. The summed E-state index contributed by atoms with van der Waals surface area (Å²) >= 11 is 0. The number of unbranched alkanes of at least 4 members (excludes halogenated alkanes) is 28. The normalized spacial score (nSPS) is 14.2. The Kier molecular flexibility index (Phi) is 46.1. The first-order valence-electron chi connectivity index (χ1n) is 25.0. The lowest BCUT2D eigenvalue weighted by Gasteiger charge is -2.20. The van der Waals surface area contributed by atoms with Gasteiger partial charge < -0.3 is 24.6 Å². The van der Waals surface area contributed by atoms with Gasteiger partial charge in [-0.25, -0.2) is 4.57 Å². The Hall–Kier alpha value is -1.32. The summed E-state index contributed by atoms with van der Waals surface area (Å²) in [7, 11) is -4.52. The van der Waals surface area contributed by atoms with Crippen LogP contribution in [-0.2, 0) is 27.9 Å². The summed E-state index contributed by atoms with van der Waals surface area (Å²) in [5, 5.41) is 18.4. The van der Waals surface area contributed by atoms with Gasteiger partial charge in [-0.3, -0.25) is 13.8 Å². The Balaban J connectivity index is 4.05. The van der Waals surface area contributed by atoms with Gasteiger partial charge in [-0.05, 0) is 44.9 Å². The summed E-state index contributed by atoms with van der Waals surface area (Å²) in [6.07, 6.45) is 52.6. The molecule has 0 amide bonds. The van der Waals surface area contributed by atoms with Gasteiger partial charge >= 0.3 is 13.8 Å². The van der Waals surface area contributed by atoms with Crippen LogP contribution in [0.1, 0.15) is 232 Å². The molecule has 0 rings (SSSR count). The fourth-order valence-electron chi connectivity index (χ4n) is 7.08. The molecule has 0 aromatic carbocycles. The van der Waals surface area contributed by atoms with Crippen LogP contribution >= 0.6 is 7.82 Å². The van der Waals surface area contributed by atoms with Crippen molar-refractivity contribution in [1.29, 1.82) is 0 Å². The molecule has 0 heterocycles. The number of aliphatic hydroxyl groups excluding tert-OH is 2. The van der Waals surface area contributed by atoms with Crippen molar-refractivity contribution < 1.29 is 43.0 Å². The highest BCUT2D eigenvalue weighted by Gasteiger charge is 2.26. The molecule has 60 heavy (non-hydrogen) atoms. The van der Waals surface area contributed by atoms with Crippen molar-refractivity contribution in [3.63, 3.8) is 0 Å². The van der Waals surface area contributed by atoms with Crippen LogP contribution in [0.15, 0.2) is 36.5 Å². The van der Waals surface area contributed by atoms with Crippen LogP contribution in [0.25, 0.3) is 0 Å². The molecule has 0 radical (unpaired) electrons. The van der Waals surface area contributed by atoms with Crippen molar-refractivity contribution in [2.45, 2.75) is 244 Å². The van der Waals surface area contributed by atoms with E-state index in [-0.39, 0.29) is 25.6 Å². The zero-order chi connectivity index (χ0) is 43.9. The third-order valence-corrected chi connectivity index (χ3v) is 11.8. The minimum absolute atomic E-state index is 0.0484. The van der Waals surface area contributed by atoms with Crippen LogP contribution in [0, 0.1) is 0 Å². The van der Waals surface area contributed by atoms with Crippen LogP contribution in [0.4, 0.5) is 0 Å². The van der Waals surface area contributed by atoms with E-state index < -0.39 is 33.2 Å². The maximum Gasteiger partial charge on any atom is 0.472 e. The Bertz CT molecular complexity index is 1030. The Labute approximate surface area is 369 Å². The lowest BCUT2D eigenvalue weighted by Crippen LogP contribution is -2.29. The molecular weight excluding hydrogens is 776 g/mol. The molecular formula is C50H95O9P. The second-order valence-electron chi connectivity index (χ2n) is 16.8. The van der Waals surface area contributed by atoms with E-state index in [0.29, 0.717) is 6.61 Å². The number of phosphoric ester groups is 1. The first-order chi connectivity index (χ1) is 29.3. The molecule has 0 bridgehead atoms. The van der Waals surface area contributed by atoms with Gasteiger partial charge in [0, 0.05) is 13.0 Å². The molecule has 3 N–H and O–H groups in total. The molecule has 0 saturated heterocycles. The van der Waals surface area contributed by atoms with E-state index in [0.717, 1.165) is 64.2 Å². The van der Waals surface area contributed by atoms with Gasteiger partial charge in [0.1, 0.15) is 12.2 Å². The molecule has 0 saturated carbocycles. The molecule has 354 valence electrons. The summed E-state index contributed by atoms with van der Waals surface area (Å²) in [4.78, 5) is 22.7. The van der Waals surface area contributed by atoms with Gasteiger partial charge in [-0.15, -0.1) is 0 Å². The average Bonchev–Trinajstić information content (AvgIpc) is 3.24. The summed E-state index contributed by atoms with van der Waals surface area (Å²) in [6.45, 7) is 3.44. The number of phosphoric acid groups is 1. The number of hydrogen-bond donors (Lipinski definition) is 3. The van der Waals surface area contributed by atoms with Gasteiger partial charge in [0.05, 0.1) is 26.4 Å². The van der Waals surface area contributed by atoms with Crippen molar-refractivity contribution in [2.24, 2.45) is 0 Å². The quantitative estimate of drug-likeness (QED) is 0.0237. The van der Waals surface area contributed by atoms with Crippen molar-refractivity contribution in [1.82, 2.24) is 0 Å². The Morgan fingerprint density at radius 3 is 1.43 bits per heavy atom. The minimum Gasteiger partial charge on any atom is -0.457 e. The molecule has 0 aliphatic heterocycles. The average molecular weight is 871 g/mol. The predicted octanol–water partition coefficient (Wildman–Crippen LogP) is 14.4. The highest BCUT2D eigenvalue weighted by molar-refractivity contribution is 7.47. The van der Waals surface area contributed by atoms with Gasteiger partial charge in [0.15, 0.2) is 0 Å². The Morgan fingerprint density at radius 1 is 0.533 bits per heavy atom. The highest BCUT2D eigenvalue weighted by Crippen LogP contribution is 2.43. The van der Waals surface area contributed by atoms with E-state index in [9.17, 15) is 19.4 Å². The third kappa shape index (κ3) is 46.2. The van der Waals surface area contributed by atoms with Gasteiger partial charge in [-0.1, -0.05) is 217 Å². The number of hydrogen-bond acceptors (Lipinski definition) is 8. The fourth-order valence-corrected chi connectivity index (χ4v) is 7.87.